The normalized spacial score (nSPS) is 25.4. The van der Waals surface area contributed by atoms with E-state index in [1.807, 2.05) is 78.2 Å². The number of ether oxygens (including phenoxy) is 3. The lowest BCUT2D eigenvalue weighted by atomic mass is 10.0. The van der Waals surface area contributed by atoms with Crippen molar-refractivity contribution in [3.63, 3.8) is 0 Å². The van der Waals surface area contributed by atoms with E-state index in [0.717, 1.165) is 55.4 Å². The minimum atomic E-state index is -1.25. The highest BCUT2D eigenvalue weighted by Crippen LogP contribution is 2.46. The monoisotopic (exact) mass is 791 g/mol. The maximum atomic E-state index is 14.7. The average Bonchev–Trinajstić information content (AvgIpc) is 3.72. The lowest BCUT2D eigenvalue weighted by Crippen LogP contribution is -2.56. The number of fused-ring (bicyclic) bond motifs is 3. The van der Waals surface area contributed by atoms with Gasteiger partial charge in [0.15, 0.2) is 0 Å². The standard InChI is InChI=1S/C44H49N5O7S/c50-39-36-26-32(55-40-38(37-22-13-25-57-37)45-33-19-11-12-20-34(33)46-40)28-49(36)41(51)35(47-43(53)56-31-17-9-10-18-31)21-8-3-1-2-7-16-30-27-44(30,48-39)42(52)54-24-23-29-14-5-4-6-15-29/h4-7,11-16,19-20,22,25,30-32,35-36H,1-3,8-10,17-18,21,23-24,26-28H2,(H,47,53)(H,48,50)/t30?,32-,35+,36+,44-/m1/s1. The molecule has 2 saturated carbocycles. The van der Waals surface area contributed by atoms with Crippen LogP contribution in [-0.4, -0.2) is 81.7 Å². The summed E-state index contributed by atoms with van der Waals surface area (Å²) >= 11 is 1.51. The van der Waals surface area contributed by atoms with Crippen LogP contribution in [0.4, 0.5) is 4.79 Å². The van der Waals surface area contributed by atoms with Crippen molar-refractivity contribution in [2.75, 3.05) is 13.2 Å². The molecule has 2 aliphatic heterocycles. The van der Waals surface area contributed by atoms with Crippen LogP contribution in [0.25, 0.3) is 21.6 Å². The molecule has 13 heteroatoms. The number of nitrogens with one attached hydrogen (secondary N) is 2. The molecule has 2 N–H and O–H groups in total. The predicted octanol–water partition coefficient (Wildman–Crippen LogP) is 6.93. The van der Waals surface area contributed by atoms with Crippen molar-refractivity contribution < 1.29 is 33.4 Å². The fourth-order valence-corrected chi connectivity index (χ4v) is 9.01. The quantitative estimate of drug-likeness (QED) is 0.136. The molecule has 0 radical (unpaired) electrons. The lowest BCUT2D eigenvalue weighted by molar-refractivity contribution is -0.150. The highest BCUT2D eigenvalue weighted by molar-refractivity contribution is 7.13. The predicted molar refractivity (Wildman–Crippen MR) is 215 cm³/mol. The summed E-state index contributed by atoms with van der Waals surface area (Å²) in [5.74, 6) is -1.30. The molecule has 0 spiro atoms. The van der Waals surface area contributed by atoms with Gasteiger partial charge in [0.25, 0.3) is 0 Å². The van der Waals surface area contributed by atoms with Crippen LogP contribution in [0.5, 0.6) is 5.88 Å². The Hall–Kier alpha value is -5.30. The average molecular weight is 792 g/mol. The molecule has 4 heterocycles. The Morgan fingerprint density at radius 1 is 0.895 bits per heavy atom. The van der Waals surface area contributed by atoms with E-state index >= 15 is 0 Å². The SMILES string of the molecule is O=C(N[C@H]1CCCCCC=CC2C[C@@]2(C(=O)OCCc2ccccc2)NC(=O)[C@@H]2C[C@@H](Oc3nc4ccccc4nc3-c3cccs3)CN2C1=O)OC1CCCC1. The van der Waals surface area contributed by atoms with Crippen molar-refractivity contribution in [2.45, 2.75) is 107 Å². The molecule has 4 aromatic rings. The summed E-state index contributed by atoms with van der Waals surface area (Å²) in [4.78, 5) is 68.5. The number of alkyl carbamates (subject to hydrolysis) is 1. The fraction of sp³-hybridized carbons (Fsp3) is 0.455. The van der Waals surface area contributed by atoms with Gasteiger partial charge in [-0.3, -0.25) is 9.59 Å². The second-order valence-corrected chi connectivity index (χ2v) is 16.5. The van der Waals surface area contributed by atoms with E-state index in [1.165, 1.54) is 16.2 Å². The Bertz CT molecular complexity index is 2090. The van der Waals surface area contributed by atoms with Gasteiger partial charge in [0.1, 0.15) is 35.5 Å². The van der Waals surface area contributed by atoms with Gasteiger partial charge in [-0.05, 0) is 80.5 Å². The molecule has 4 aliphatic rings. The molecule has 1 saturated heterocycles. The molecule has 8 rings (SSSR count). The van der Waals surface area contributed by atoms with Crippen molar-refractivity contribution in [1.82, 2.24) is 25.5 Å². The molecule has 2 aromatic heterocycles. The molecular weight excluding hydrogens is 743 g/mol. The van der Waals surface area contributed by atoms with E-state index < -0.39 is 47.6 Å². The van der Waals surface area contributed by atoms with E-state index in [-0.39, 0.29) is 31.6 Å². The first-order chi connectivity index (χ1) is 27.9. The largest absolute Gasteiger partial charge is 0.471 e. The molecule has 12 nitrogen and oxygen atoms in total. The lowest BCUT2D eigenvalue weighted by Gasteiger charge is -2.29. The number of para-hydroxylation sites is 2. The summed E-state index contributed by atoms with van der Waals surface area (Å²) in [6.07, 6.45) is 10.9. The van der Waals surface area contributed by atoms with E-state index in [2.05, 4.69) is 16.7 Å². The number of carbonyl (C=O) groups excluding carboxylic acids is 4. The zero-order valence-electron chi connectivity index (χ0n) is 32.0. The molecule has 2 aromatic carbocycles. The molecular formula is C44H49N5O7S. The Kier molecular flexibility index (Phi) is 11.8. The summed E-state index contributed by atoms with van der Waals surface area (Å²) in [6, 6.07) is 19.3. The van der Waals surface area contributed by atoms with Crippen molar-refractivity contribution in [2.24, 2.45) is 5.92 Å². The van der Waals surface area contributed by atoms with Gasteiger partial charge < -0.3 is 29.7 Å². The first kappa shape index (κ1) is 38.6. The van der Waals surface area contributed by atoms with Crippen LogP contribution in [0.15, 0.2) is 84.3 Å². The molecule has 2 aliphatic carbocycles. The van der Waals surface area contributed by atoms with Gasteiger partial charge in [-0.25, -0.2) is 19.6 Å². The van der Waals surface area contributed by atoms with Crippen LogP contribution < -0.4 is 15.4 Å². The number of hydrogen-bond acceptors (Lipinski definition) is 10. The van der Waals surface area contributed by atoms with E-state index in [4.69, 9.17) is 24.2 Å². The highest BCUT2D eigenvalue weighted by Gasteiger charge is 2.62. The van der Waals surface area contributed by atoms with Crippen LogP contribution in [0, 0.1) is 5.92 Å². The van der Waals surface area contributed by atoms with Gasteiger partial charge in [-0.2, -0.15) is 0 Å². The van der Waals surface area contributed by atoms with E-state index in [1.54, 1.807) is 0 Å². The molecule has 3 fully saturated rings. The number of hydrogen-bond donors (Lipinski definition) is 2. The van der Waals surface area contributed by atoms with E-state index in [0.29, 0.717) is 48.3 Å². The van der Waals surface area contributed by atoms with Gasteiger partial charge in [0, 0.05) is 18.8 Å². The number of amides is 3. The molecule has 1 unspecified atom stereocenters. The second kappa shape index (κ2) is 17.5. The number of aromatic nitrogens is 2. The third-order valence-corrected chi connectivity index (χ3v) is 12.4. The van der Waals surface area contributed by atoms with Gasteiger partial charge in [0.05, 0.1) is 29.1 Å². The summed E-state index contributed by atoms with van der Waals surface area (Å²) in [7, 11) is 0. The maximum absolute atomic E-state index is 14.7. The zero-order valence-corrected chi connectivity index (χ0v) is 32.8. The minimum Gasteiger partial charge on any atom is -0.471 e. The zero-order chi connectivity index (χ0) is 39.2. The third-order valence-electron chi connectivity index (χ3n) is 11.5. The first-order valence-electron chi connectivity index (χ1n) is 20.3. The Balaban J connectivity index is 1.07. The van der Waals surface area contributed by atoms with Crippen molar-refractivity contribution in [3.05, 3.63) is 89.8 Å². The molecule has 0 bridgehead atoms. The van der Waals surface area contributed by atoms with Crippen LogP contribution >= 0.6 is 11.3 Å². The van der Waals surface area contributed by atoms with Crippen LogP contribution in [-0.2, 0) is 30.3 Å². The van der Waals surface area contributed by atoms with Crippen molar-refractivity contribution in [1.29, 1.82) is 0 Å². The van der Waals surface area contributed by atoms with Gasteiger partial charge in [-0.15, -0.1) is 11.3 Å². The number of esters is 1. The summed E-state index contributed by atoms with van der Waals surface area (Å²) in [6.45, 7) is 0.230. The molecule has 298 valence electrons. The van der Waals surface area contributed by atoms with Crippen LogP contribution in [0.1, 0.15) is 76.2 Å². The van der Waals surface area contributed by atoms with Gasteiger partial charge in [0.2, 0.25) is 17.7 Å². The smallest absolute Gasteiger partial charge is 0.408 e. The minimum absolute atomic E-state index is 0.0585. The van der Waals surface area contributed by atoms with Crippen molar-refractivity contribution >= 4 is 46.2 Å². The Labute approximate surface area is 336 Å². The summed E-state index contributed by atoms with van der Waals surface area (Å²) in [5.41, 5.74) is 1.73. The molecule has 57 heavy (non-hydrogen) atoms. The van der Waals surface area contributed by atoms with E-state index in [9.17, 15) is 19.2 Å². The number of carbonyl (C=O) groups is 4. The number of rotatable bonds is 9. The number of thiophene rings is 1. The summed E-state index contributed by atoms with van der Waals surface area (Å²) in [5, 5.41) is 7.90. The van der Waals surface area contributed by atoms with Gasteiger partial charge in [-0.1, -0.05) is 73.5 Å². The number of allylic oxidation sites excluding steroid dienone is 1. The molecule has 5 atom stereocenters. The van der Waals surface area contributed by atoms with Crippen LogP contribution in [0.2, 0.25) is 0 Å². The number of benzene rings is 2. The second-order valence-electron chi connectivity index (χ2n) is 15.5. The first-order valence-corrected chi connectivity index (χ1v) is 21.2. The van der Waals surface area contributed by atoms with Crippen LogP contribution in [0.3, 0.4) is 0 Å². The topological polar surface area (TPSA) is 149 Å². The summed E-state index contributed by atoms with van der Waals surface area (Å²) < 4.78 is 18.2. The Morgan fingerprint density at radius 2 is 1.67 bits per heavy atom. The van der Waals surface area contributed by atoms with Crippen molar-refractivity contribution in [3.8, 4) is 16.5 Å². The maximum Gasteiger partial charge on any atom is 0.408 e. The number of nitrogens with zero attached hydrogens (tertiary/aromatic N) is 3. The Morgan fingerprint density at radius 3 is 2.46 bits per heavy atom. The molecule has 3 amide bonds. The highest BCUT2D eigenvalue weighted by atomic mass is 32.1. The fourth-order valence-electron chi connectivity index (χ4n) is 8.30. The van der Waals surface area contributed by atoms with Gasteiger partial charge >= 0.3 is 12.1 Å². The third kappa shape index (κ3) is 8.98.